The van der Waals surface area contributed by atoms with Crippen LogP contribution in [0.5, 0.6) is 0 Å². The molecule has 2 aliphatic rings. The number of hydrogen-bond donors (Lipinski definition) is 0. The fraction of sp³-hybridized carbons (Fsp3) is 0.471. The van der Waals surface area contributed by atoms with Crippen LogP contribution in [0, 0.1) is 0 Å². The van der Waals surface area contributed by atoms with E-state index in [9.17, 15) is 8.42 Å². The fourth-order valence-electron chi connectivity index (χ4n) is 3.43. The number of aromatic nitrogens is 1. The molecule has 7 heteroatoms. The van der Waals surface area contributed by atoms with E-state index in [1.54, 1.807) is 22.6 Å². The Morgan fingerprint density at radius 1 is 1.21 bits per heavy atom. The third-order valence-electron chi connectivity index (χ3n) is 4.80. The van der Waals surface area contributed by atoms with Crippen molar-refractivity contribution in [2.75, 3.05) is 34.6 Å². The van der Waals surface area contributed by atoms with E-state index in [2.05, 4.69) is 16.3 Å². The van der Waals surface area contributed by atoms with Gasteiger partial charge in [-0.2, -0.15) is 0 Å². The lowest BCUT2D eigenvalue weighted by molar-refractivity contribution is 0.593. The van der Waals surface area contributed by atoms with Gasteiger partial charge in [0.1, 0.15) is 0 Å². The van der Waals surface area contributed by atoms with E-state index in [-0.39, 0.29) is 5.75 Å². The van der Waals surface area contributed by atoms with Crippen molar-refractivity contribution in [2.45, 2.75) is 26.2 Å². The minimum absolute atomic E-state index is 0.138. The van der Waals surface area contributed by atoms with Gasteiger partial charge in [0, 0.05) is 30.6 Å². The molecule has 2 aliphatic heterocycles. The normalized spacial score (nSPS) is 17.5. The zero-order chi connectivity index (χ0) is 16.7. The Morgan fingerprint density at radius 2 is 2.00 bits per heavy atom. The predicted octanol–water partition coefficient (Wildman–Crippen LogP) is 3.12. The SMILES string of the molecule is CCS(=O)(=O)N1CCc2cc(-c3csc(N4CCCC4)n3)ccc21. The highest BCUT2D eigenvalue weighted by atomic mass is 32.2. The molecule has 5 nitrogen and oxygen atoms in total. The number of fused-ring (bicyclic) bond motifs is 1. The molecule has 0 N–H and O–H groups in total. The Hall–Kier alpha value is -1.60. The minimum atomic E-state index is -3.18. The molecule has 128 valence electrons. The van der Waals surface area contributed by atoms with Gasteiger partial charge in [0.2, 0.25) is 10.0 Å². The third-order valence-corrected chi connectivity index (χ3v) is 7.48. The van der Waals surface area contributed by atoms with Crippen molar-refractivity contribution >= 4 is 32.2 Å². The van der Waals surface area contributed by atoms with Crippen LogP contribution in [0.2, 0.25) is 0 Å². The van der Waals surface area contributed by atoms with Gasteiger partial charge in [0.25, 0.3) is 0 Å². The monoisotopic (exact) mass is 363 g/mol. The molecule has 1 fully saturated rings. The summed E-state index contributed by atoms with van der Waals surface area (Å²) in [4.78, 5) is 7.13. The number of anilines is 2. The quantitative estimate of drug-likeness (QED) is 0.837. The van der Waals surface area contributed by atoms with E-state index in [0.717, 1.165) is 47.2 Å². The highest BCUT2D eigenvalue weighted by Crippen LogP contribution is 2.35. The van der Waals surface area contributed by atoms with Crippen molar-refractivity contribution in [3.8, 4) is 11.3 Å². The number of benzene rings is 1. The molecule has 0 aliphatic carbocycles. The van der Waals surface area contributed by atoms with E-state index in [4.69, 9.17) is 4.98 Å². The summed E-state index contributed by atoms with van der Waals surface area (Å²) in [5.74, 6) is 0.138. The summed E-state index contributed by atoms with van der Waals surface area (Å²) >= 11 is 1.69. The van der Waals surface area contributed by atoms with Crippen molar-refractivity contribution < 1.29 is 8.42 Å². The van der Waals surface area contributed by atoms with Crippen LogP contribution < -0.4 is 9.21 Å². The van der Waals surface area contributed by atoms with Crippen LogP contribution in [0.15, 0.2) is 23.6 Å². The first-order valence-electron chi connectivity index (χ1n) is 8.42. The summed E-state index contributed by atoms with van der Waals surface area (Å²) in [6.45, 7) is 4.43. The number of thiazole rings is 1. The van der Waals surface area contributed by atoms with Crippen LogP contribution in [-0.2, 0) is 16.4 Å². The molecular formula is C17H21N3O2S2. The topological polar surface area (TPSA) is 53.5 Å². The highest BCUT2D eigenvalue weighted by Gasteiger charge is 2.28. The van der Waals surface area contributed by atoms with Gasteiger partial charge in [0.05, 0.1) is 17.1 Å². The molecule has 1 aromatic heterocycles. The Bertz CT molecular complexity index is 854. The highest BCUT2D eigenvalue weighted by molar-refractivity contribution is 7.92. The van der Waals surface area contributed by atoms with E-state index in [1.807, 2.05) is 12.1 Å². The van der Waals surface area contributed by atoms with Gasteiger partial charge in [-0.05, 0) is 43.9 Å². The summed E-state index contributed by atoms with van der Waals surface area (Å²) in [7, 11) is -3.18. The molecule has 4 rings (SSSR count). The van der Waals surface area contributed by atoms with E-state index in [1.165, 1.54) is 12.8 Å². The Balaban J connectivity index is 1.63. The molecular weight excluding hydrogens is 342 g/mol. The van der Waals surface area contributed by atoms with Crippen molar-refractivity contribution in [2.24, 2.45) is 0 Å². The zero-order valence-electron chi connectivity index (χ0n) is 13.7. The summed E-state index contributed by atoms with van der Waals surface area (Å²) in [6.07, 6.45) is 3.26. The van der Waals surface area contributed by atoms with Crippen LogP contribution in [0.1, 0.15) is 25.3 Å². The predicted molar refractivity (Wildman–Crippen MR) is 99.5 cm³/mol. The second kappa shape index (κ2) is 6.04. The average Bonchev–Trinajstić information content (AvgIpc) is 3.32. The van der Waals surface area contributed by atoms with Crippen LogP contribution in [-0.4, -0.2) is 38.8 Å². The first-order valence-corrected chi connectivity index (χ1v) is 10.9. The fourth-order valence-corrected chi connectivity index (χ4v) is 5.47. The molecule has 24 heavy (non-hydrogen) atoms. The first kappa shape index (κ1) is 15.9. The lowest BCUT2D eigenvalue weighted by atomic mass is 10.1. The maximum atomic E-state index is 12.2. The van der Waals surface area contributed by atoms with E-state index in [0.29, 0.717) is 6.54 Å². The van der Waals surface area contributed by atoms with Crippen LogP contribution in [0.3, 0.4) is 0 Å². The van der Waals surface area contributed by atoms with Crippen LogP contribution >= 0.6 is 11.3 Å². The largest absolute Gasteiger partial charge is 0.348 e. The molecule has 0 saturated carbocycles. The maximum Gasteiger partial charge on any atom is 0.234 e. The maximum absolute atomic E-state index is 12.2. The third kappa shape index (κ3) is 2.69. The van der Waals surface area contributed by atoms with Gasteiger partial charge in [0.15, 0.2) is 5.13 Å². The molecule has 0 bridgehead atoms. The van der Waals surface area contributed by atoms with Crippen molar-refractivity contribution in [3.63, 3.8) is 0 Å². The van der Waals surface area contributed by atoms with Gasteiger partial charge in [-0.15, -0.1) is 11.3 Å². The molecule has 0 spiro atoms. The van der Waals surface area contributed by atoms with Crippen molar-refractivity contribution in [3.05, 3.63) is 29.1 Å². The molecule has 0 atom stereocenters. The van der Waals surface area contributed by atoms with E-state index >= 15 is 0 Å². The van der Waals surface area contributed by atoms with Gasteiger partial charge in [-0.3, -0.25) is 4.31 Å². The molecule has 1 aromatic carbocycles. The molecule has 1 saturated heterocycles. The van der Waals surface area contributed by atoms with Crippen molar-refractivity contribution in [1.29, 1.82) is 0 Å². The van der Waals surface area contributed by atoms with Crippen LogP contribution in [0.25, 0.3) is 11.3 Å². The van der Waals surface area contributed by atoms with Crippen molar-refractivity contribution in [1.82, 2.24) is 4.98 Å². The average molecular weight is 364 g/mol. The second-order valence-corrected chi connectivity index (χ2v) is 9.29. The summed E-state index contributed by atoms with van der Waals surface area (Å²) < 4.78 is 25.9. The van der Waals surface area contributed by atoms with E-state index < -0.39 is 10.0 Å². The van der Waals surface area contributed by atoms with Gasteiger partial charge in [-0.1, -0.05) is 6.07 Å². The Morgan fingerprint density at radius 3 is 2.75 bits per heavy atom. The summed E-state index contributed by atoms with van der Waals surface area (Å²) in [5.41, 5.74) is 3.99. The molecule has 0 radical (unpaired) electrons. The molecule has 3 heterocycles. The molecule has 0 amide bonds. The smallest absolute Gasteiger partial charge is 0.234 e. The molecule has 2 aromatic rings. The standard InChI is InChI=1S/C17H21N3O2S2/c1-2-24(21,22)20-10-7-14-11-13(5-6-16(14)20)15-12-23-17(18-15)19-8-3-4-9-19/h5-6,11-12H,2-4,7-10H2,1H3. The van der Waals surface area contributed by atoms with Gasteiger partial charge >= 0.3 is 0 Å². The number of rotatable bonds is 4. The summed E-state index contributed by atoms with van der Waals surface area (Å²) in [6, 6.07) is 6.02. The first-order chi connectivity index (χ1) is 11.6. The Kier molecular flexibility index (Phi) is 4.00. The number of sulfonamides is 1. The van der Waals surface area contributed by atoms with Gasteiger partial charge in [-0.25, -0.2) is 13.4 Å². The molecule has 0 unspecified atom stereocenters. The minimum Gasteiger partial charge on any atom is -0.348 e. The number of hydrogen-bond acceptors (Lipinski definition) is 5. The number of nitrogens with zero attached hydrogens (tertiary/aromatic N) is 3. The summed E-state index contributed by atoms with van der Waals surface area (Å²) in [5, 5.41) is 3.20. The Labute approximate surface area is 147 Å². The zero-order valence-corrected chi connectivity index (χ0v) is 15.4. The van der Waals surface area contributed by atoms with Gasteiger partial charge < -0.3 is 4.90 Å². The lowest BCUT2D eigenvalue weighted by Gasteiger charge is -2.18. The van der Waals surface area contributed by atoms with Crippen LogP contribution in [0.4, 0.5) is 10.8 Å². The second-order valence-electron chi connectivity index (χ2n) is 6.28. The lowest BCUT2D eigenvalue weighted by Crippen LogP contribution is -2.30.